The van der Waals surface area contributed by atoms with Gasteiger partial charge in [0.15, 0.2) is 0 Å². The number of hydrogen-bond acceptors (Lipinski definition) is 2. The first-order valence-corrected chi connectivity index (χ1v) is 6.70. The Labute approximate surface area is 109 Å². The van der Waals surface area contributed by atoms with Crippen LogP contribution in [0.3, 0.4) is 0 Å². The zero-order valence-electron chi connectivity index (χ0n) is 11.1. The molecule has 0 radical (unpaired) electrons. The van der Waals surface area contributed by atoms with Crippen LogP contribution in [-0.2, 0) is 4.79 Å². The molecule has 2 N–H and O–H groups in total. The van der Waals surface area contributed by atoms with Crippen LogP contribution in [0.2, 0.25) is 0 Å². The quantitative estimate of drug-likeness (QED) is 0.743. The summed E-state index contributed by atoms with van der Waals surface area (Å²) in [5.41, 5.74) is 1.23. The maximum Gasteiger partial charge on any atom is 0.219 e. The second-order valence-electron chi connectivity index (χ2n) is 4.51. The number of carbonyl (C=O) groups is 1. The van der Waals surface area contributed by atoms with Crippen LogP contribution in [0.25, 0.3) is 0 Å². The molecule has 0 aliphatic rings. The summed E-state index contributed by atoms with van der Waals surface area (Å²) in [5.74, 6) is 0.437. The fraction of sp³-hybridized carbons (Fsp3) is 0.533. The smallest absolute Gasteiger partial charge is 0.219 e. The lowest BCUT2D eigenvalue weighted by atomic mass is 9.93. The molecule has 3 nitrogen and oxygen atoms in total. The van der Waals surface area contributed by atoms with Crippen molar-refractivity contribution < 1.29 is 9.90 Å². The van der Waals surface area contributed by atoms with E-state index in [1.165, 1.54) is 5.56 Å². The summed E-state index contributed by atoms with van der Waals surface area (Å²) in [5, 5.41) is 12.0. The molecule has 0 bridgehead atoms. The maximum absolute atomic E-state index is 11.4. The highest BCUT2D eigenvalue weighted by molar-refractivity contribution is 5.75. The first kappa shape index (κ1) is 14.7. The van der Waals surface area contributed by atoms with Crippen molar-refractivity contribution in [1.82, 2.24) is 5.32 Å². The Morgan fingerprint density at radius 1 is 1.28 bits per heavy atom. The van der Waals surface area contributed by atoms with Gasteiger partial charge in [-0.25, -0.2) is 0 Å². The molecule has 0 fully saturated rings. The van der Waals surface area contributed by atoms with E-state index < -0.39 is 0 Å². The van der Waals surface area contributed by atoms with Crippen LogP contribution in [0.4, 0.5) is 0 Å². The minimum Gasteiger partial charge on any atom is -0.396 e. The lowest BCUT2D eigenvalue weighted by Gasteiger charge is -2.16. The molecule has 1 unspecified atom stereocenters. The lowest BCUT2D eigenvalue weighted by molar-refractivity contribution is -0.121. The number of carbonyl (C=O) groups excluding carboxylic acids is 1. The van der Waals surface area contributed by atoms with Crippen molar-refractivity contribution in [3.63, 3.8) is 0 Å². The van der Waals surface area contributed by atoms with Crippen molar-refractivity contribution in [3.05, 3.63) is 35.9 Å². The van der Waals surface area contributed by atoms with Crippen molar-refractivity contribution in [3.8, 4) is 0 Å². The summed E-state index contributed by atoms with van der Waals surface area (Å²) in [6, 6.07) is 10.2. The Hall–Kier alpha value is -1.35. The van der Waals surface area contributed by atoms with Gasteiger partial charge >= 0.3 is 0 Å². The van der Waals surface area contributed by atoms with Crippen molar-refractivity contribution in [1.29, 1.82) is 0 Å². The van der Waals surface area contributed by atoms with Gasteiger partial charge < -0.3 is 10.4 Å². The standard InChI is InChI=1S/C15H23NO2/c1-2-6-15(18)16-11-9-14(10-12-17)13-7-4-3-5-8-13/h3-5,7-8,14,17H,2,6,9-12H2,1H3,(H,16,18). The molecule has 0 aliphatic heterocycles. The Morgan fingerprint density at radius 3 is 2.61 bits per heavy atom. The molecule has 1 atom stereocenters. The molecule has 18 heavy (non-hydrogen) atoms. The van der Waals surface area contributed by atoms with E-state index in [2.05, 4.69) is 17.4 Å². The van der Waals surface area contributed by atoms with Gasteiger partial charge in [0.25, 0.3) is 0 Å². The summed E-state index contributed by atoms with van der Waals surface area (Å²) in [4.78, 5) is 11.4. The van der Waals surface area contributed by atoms with Crippen LogP contribution in [0.15, 0.2) is 30.3 Å². The Balaban J connectivity index is 2.42. The molecule has 1 aromatic rings. The third-order valence-electron chi connectivity index (χ3n) is 3.04. The maximum atomic E-state index is 11.4. The molecular weight excluding hydrogens is 226 g/mol. The average Bonchev–Trinajstić information content (AvgIpc) is 2.39. The Kier molecular flexibility index (Phi) is 7.11. The summed E-state index contributed by atoms with van der Waals surface area (Å²) in [6.07, 6.45) is 3.09. The highest BCUT2D eigenvalue weighted by atomic mass is 16.3. The molecule has 0 aliphatic carbocycles. The number of nitrogens with one attached hydrogen (secondary N) is 1. The zero-order chi connectivity index (χ0) is 13.2. The van der Waals surface area contributed by atoms with Crippen LogP contribution in [-0.4, -0.2) is 24.2 Å². The minimum absolute atomic E-state index is 0.119. The number of aliphatic hydroxyl groups is 1. The van der Waals surface area contributed by atoms with E-state index in [0.29, 0.717) is 18.9 Å². The summed E-state index contributed by atoms with van der Waals surface area (Å²) < 4.78 is 0. The molecule has 3 heteroatoms. The van der Waals surface area contributed by atoms with E-state index in [1.54, 1.807) is 0 Å². The van der Waals surface area contributed by atoms with Crippen LogP contribution in [0.5, 0.6) is 0 Å². The second kappa shape index (κ2) is 8.70. The van der Waals surface area contributed by atoms with Gasteiger partial charge in [-0.15, -0.1) is 0 Å². The summed E-state index contributed by atoms with van der Waals surface area (Å²) in [7, 11) is 0. The molecule has 1 rings (SSSR count). The highest BCUT2D eigenvalue weighted by Gasteiger charge is 2.10. The van der Waals surface area contributed by atoms with Gasteiger partial charge in [-0.3, -0.25) is 4.79 Å². The normalized spacial score (nSPS) is 12.1. The largest absolute Gasteiger partial charge is 0.396 e. The predicted molar refractivity (Wildman–Crippen MR) is 73.4 cm³/mol. The lowest BCUT2D eigenvalue weighted by Crippen LogP contribution is -2.25. The van der Waals surface area contributed by atoms with Crippen molar-refractivity contribution >= 4 is 5.91 Å². The number of hydrogen-bond donors (Lipinski definition) is 2. The summed E-state index contributed by atoms with van der Waals surface area (Å²) in [6.45, 7) is 2.86. The molecule has 0 saturated heterocycles. The monoisotopic (exact) mass is 249 g/mol. The van der Waals surface area contributed by atoms with E-state index in [0.717, 1.165) is 19.3 Å². The van der Waals surface area contributed by atoms with Crippen LogP contribution >= 0.6 is 0 Å². The van der Waals surface area contributed by atoms with E-state index in [4.69, 9.17) is 5.11 Å². The van der Waals surface area contributed by atoms with E-state index >= 15 is 0 Å². The van der Waals surface area contributed by atoms with Gasteiger partial charge in [0.1, 0.15) is 0 Å². The van der Waals surface area contributed by atoms with E-state index in [9.17, 15) is 4.79 Å². The molecule has 1 aromatic carbocycles. The van der Waals surface area contributed by atoms with Gasteiger partial charge in [-0.1, -0.05) is 37.3 Å². The van der Waals surface area contributed by atoms with E-state index in [1.807, 2.05) is 25.1 Å². The molecule has 0 aromatic heterocycles. The fourth-order valence-electron chi connectivity index (χ4n) is 2.06. The number of rotatable bonds is 8. The minimum atomic E-state index is 0.119. The average molecular weight is 249 g/mol. The third-order valence-corrected chi connectivity index (χ3v) is 3.04. The molecule has 1 amide bonds. The first-order valence-electron chi connectivity index (χ1n) is 6.70. The SMILES string of the molecule is CCCC(=O)NCCC(CCO)c1ccccc1. The second-order valence-corrected chi connectivity index (χ2v) is 4.51. The van der Waals surface area contributed by atoms with Crippen molar-refractivity contribution in [2.24, 2.45) is 0 Å². The van der Waals surface area contributed by atoms with E-state index in [-0.39, 0.29) is 12.5 Å². The first-order chi connectivity index (χ1) is 8.77. The number of aliphatic hydroxyl groups excluding tert-OH is 1. The van der Waals surface area contributed by atoms with Gasteiger partial charge in [0.2, 0.25) is 5.91 Å². The highest BCUT2D eigenvalue weighted by Crippen LogP contribution is 2.22. The Morgan fingerprint density at radius 2 is 2.00 bits per heavy atom. The molecule has 0 heterocycles. The van der Waals surface area contributed by atoms with Gasteiger partial charge in [-0.2, -0.15) is 0 Å². The van der Waals surface area contributed by atoms with Crippen LogP contribution in [0.1, 0.15) is 44.1 Å². The molecule has 0 saturated carbocycles. The summed E-state index contributed by atoms with van der Waals surface area (Å²) >= 11 is 0. The van der Waals surface area contributed by atoms with Crippen molar-refractivity contribution in [2.45, 2.75) is 38.5 Å². The van der Waals surface area contributed by atoms with Gasteiger partial charge in [0.05, 0.1) is 0 Å². The molecular formula is C15H23NO2. The fourth-order valence-corrected chi connectivity index (χ4v) is 2.06. The Bertz CT molecular complexity index is 338. The third kappa shape index (κ3) is 5.32. The number of benzene rings is 1. The zero-order valence-corrected chi connectivity index (χ0v) is 11.1. The number of amides is 1. The molecule has 0 spiro atoms. The molecule has 100 valence electrons. The van der Waals surface area contributed by atoms with Crippen LogP contribution < -0.4 is 5.32 Å². The van der Waals surface area contributed by atoms with Crippen LogP contribution in [0, 0.1) is 0 Å². The topological polar surface area (TPSA) is 49.3 Å². The van der Waals surface area contributed by atoms with Crippen molar-refractivity contribution in [2.75, 3.05) is 13.2 Å². The van der Waals surface area contributed by atoms with Gasteiger partial charge in [-0.05, 0) is 30.7 Å². The van der Waals surface area contributed by atoms with Gasteiger partial charge in [0, 0.05) is 19.6 Å². The predicted octanol–water partition coefficient (Wildman–Crippen LogP) is 2.46.